The number of thiophene rings is 1. The van der Waals surface area contributed by atoms with Crippen LogP contribution in [-0.4, -0.2) is 35.2 Å². The lowest BCUT2D eigenvalue weighted by atomic mass is 10.0. The topological polar surface area (TPSA) is 91.7 Å². The summed E-state index contributed by atoms with van der Waals surface area (Å²) in [6.07, 6.45) is 5.24. The van der Waals surface area contributed by atoms with E-state index in [-0.39, 0.29) is 30.8 Å². The van der Waals surface area contributed by atoms with Crippen LogP contribution in [0.15, 0.2) is 64.6 Å². The zero-order valence-corrected chi connectivity index (χ0v) is 19.4. The van der Waals surface area contributed by atoms with Gasteiger partial charge in [-0.1, -0.05) is 31.0 Å². The van der Waals surface area contributed by atoms with Crippen molar-refractivity contribution in [3.63, 3.8) is 0 Å². The number of hydrogen-bond acceptors (Lipinski definition) is 5. The summed E-state index contributed by atoms with van der Waals surface area (Å²) < 4.78 is 18.7. The Morgan fingerprint density at radius 1 is 1.09 bits per heavy atom. The Bertz CT molecular complexity index is 1090. The number of carbonyl (C=O) groups excluding carboxylic acids is 3. The summed E-state index contributed by atoms with van der Waals surface area (Å²) in [6.45, 7) is -0.146. The van der Waals surface area contributed by atoms with Gasteiger partial charge in [-0.05, 0) is 54.1 Å². The van der Waals surface area contributed by atoms with Crippen molar-refractivity contribution >= 4 is 29.1 Å². The molecular formula is C25H26FN3O4S. The third-order valence-corrected chi connectivity index (χ3v) is 6.68. The van der Waals surface area contributed by atoms with Crippen LogP contribution in [0.2, 0.25) is 0 Å². The van der Waals surface area contributed by atoms with Gasteiger partial charge in [0, 0.05) is 10.9 Å². The molecule has 3 aromatic rings. The molecule has 7 nitrogen and oxygen atoms in total. The molecule has 0 spiro atoms. The lowest BCUT2D eigenvalue weighted by molar-refractivity contribution is -0.141. The fourth-order valence-electron chi connectivity index (χ4n) is 4.11. The van der Waals surface area contributed by atoms with E-state index in [0.717, 1.165) is 30.6 Å². The number of furan rings is 1. The summed E-state index contributed by atoms with van der Waals surface area (Å²) in [5, 5.41) is 7.52. The van der Waals surface area contributed by atoms with E-state index in [1.165, 1.54) is 52.8 Å². The van der Waals surface area contributed by atoms with E-state index in [1.807, 2.05) is 17.5 Å². The molecule has 34 heavy (non-hydrogen) atoms. The van der Waals surface area contributed by atoms with Crippen LogP contribution in [0, 0.1) is 5.82 Å². The minimum atomic E-state index is -0.976. The van der Waals surface area contributed by atoms with Crippen LogP contribution in [-0.2, 0) is 16.1 Å². The Kier molecular flexibility index (Phi) is 7.74. The number of halogens is 1. The van der Waals surface area contributed by atoms with E-state index in [9.17, 15) is 18.8 Å². The first-order chi connectivity index (χ1) is 16.5. The molecule has 1 aliphatic rings. The average molecular weight is 484 g/mol. The molecule has 1 fully saturated rings. The molecule has 9 heteroatoms. The van der Waals surface area contributed by atoms with Crippen LogP contribution in [0.5, 0.6) is 0 Å². The summed E-state index contributed by atoms with van der Waals surface area (Å²) in [7, 11) is 0. The fourth-order valence-corrected chi connectivity index (χ4v) is 4.82. The Hall–Kier alpha value is -3.46. The second-order valence-corrected chi connectivity index (χ2v) is 9.24. The highest BCUT2D eigenvalue weighted by atomic mass is 32.1. The molecule has 1 saturated carbocycles. The smallest absolute Gasteiger partial charge is 0.287 e. The first-order valence-corrected chi connectivity index (χ1v) is 12.1. The molecule has 0 bridgehead atoms. The maximum absolute atomic E-state index is 13.7. The van der Waals surface area contributed by atoms with Gasteiger partial charge >= 0.3 is 0 Å². The maximum atomic E-state index is 13.7. The van der Waals surface area contributed by atoms with Crippen molar-refractivity contribution in [2.75, 3.05) is 6.54 Å². The van der Waals surface area contributed by atoms with Crippen molar-refractivity contribution in [2.45, 2.75) is 44.3 Å². The molecule has 0 unspecified atom stereocenters. The molecule has 2 aromatic heterocycles. The lowest BCUT2D eigenvalue weighted by Gasteiger charge is -2.32. The molecule has 2 N–H and O–H groups in total. The highest BCUT2D eigenvalue weighted by Crippen LogP contribution is 2.27. The Morgan fingerprint density at radius 3 is 2.50 bits per heavy atom. The largest absolute Gasteiger partial charge is 0.459 e. The Labute approximate surface area is 200 Å². The third-order valence-electron chi connectivity index (χ3n) is 5.82. The minimum Gasteiger partial charge on any atom is -0.459 e. The monoisotopic (exact) mass is 483 g/mol. The van der Waals surface area contributed by atoms with Gasteiger partial charge in [-0.2, -0.15) is 0 Å². The second kappa shape index (κ2) is 11.1. The van der Waals surface area contributed by atoms with E-state index in [4.69, 9.17) is 4.42 Å². The molecule has 1 aliphatic carbocycles. The molecule has 1 aromatic carbocycles. The molecule has 0 aliphatic heterocycles. The van der Waals surface area contributed by atoms with Crippen molar-refractivity contribution in [3.8, 4) is 0 Å². The first kappa shape index (κ1) is 23.7. The van der Waals surface area contributed by atoms with E-state index in [1.54, 1.807) is 6.07 Å². The molecule has 3 amide bonds. The molecule has 0 radical (unpaired) electrons. The first-order valence-electron chi connectivity index (χ1n) is 11.2. The van der Waals surface area contributed by atoms with Crippen LogP contribution < -0.4 is 10.6 Å². The van der Waals surface area contributed by atoms with Gasteiger partial charge in [-0.15, -0.1) is 11.3 Å². The summed E-state index contributed by atoms with van der Waals surface area (Å²) in [5.41, 5.74) is 0.499. The van der Waals surface area contributed by atoms with Gasteiger partial charge in [0.15, 0.2) is 5.76 Å². The number of nitrogens with zero attached hydrogens (tertiary/aromatic N) is 1. The van der Waals surface area contributed by atoms with E-state index in [2.05, 4.69) is 10.6 Å². The van der Waals surface area contributed by atoms with Gasteiger partial charge in [-0.25, -0.2) is 4.39 Å². The van der Waals surface area contributed by atoms with Gasteiger partial charge in [0.1, 0.15) is 11.9 Å². The number of carbonyl (C=O) groups is 3. The Balaban J connectivity index is 1.60. The van der Waals surface area contributed by atoms with Gasteiger partial charge in [0.25, 0.3) is 5.91 Å². The summed E-state index contributed by atoms with van der Waals surface area (Å²) >= 11 is 1.46. The van der Waals surface area contributed by atoms with Gasteiger partial charge in [-0.3, -0.25) is 14.4 Å². The molecule has 2 heterocycles. The number of rotatable bonds is 9. The maximum Gasteiger partial charge on any atom is 0.287 e. The van der Waals surface area contributed by atoms with Crippen LogP contribution >= 0.6 is 11.3 Å². The van der Waals surface area contributed by atoms with E-state index >= 15 is 0 Å². The van der Waals surface area contributed by atoms with E-state index < -0.39 is 23.7 Å². The van der Waals surface area contributed by atoms with Crippen molar-refractivity contribution in [3.05, 3.63) is 82.2 Å². The van der Waals surface area contributed by atoms with Crippen LogP contribution in [0.1, 0.15) is 52.7 Å². The van der Waals surface area contributed by atoms with Crippen molar-refractivity contribution in [2.24, 2.45) is 0 Å². The van der Waals surface area contributed by atoms with Crippen LogP contribution in [0.25, 0.3) is 0 Å². The summed E-state index contributed by atoms with van der Waals surface area (Å²) in [4.78, 5) is 41.5. The highest BCUT2D eigenvalue weighted by Gasteiger charge is 2.33. The zero-order valence-electron chi connectivity index (χ0n) is 18.5. The number of benzene rings is 1. The standard InChI is InChI=1S/C25H26FN3O4S/c26-18-11-9-17(10-12-18)23(25(32)28-19-5-1-2-6-19)29(16-20-7-4-14-34-20)22(30)15-27-24(31)21-8-3-13-33-21/h3-4,7-14,19,23H,1-2,5-6,15-16H2,(H,27,31)(H,28,32)/t23-/m1/s1. The zero-order chi connectivity index (χ0) is 23.9. The lowest BCUT2D eigenvalue weighted by Crippen LogP contribution is -2.48. The predicted octanol–water partition coefficient (Wildman–Crippen LogP) is 4.04. The van der Waals surface area contributed by atoms with Gasteiger partial charge in [0.2, 0.25) is 11.8 Å². The second-order valence-electron chi connectivity index (χ2n) is 8.21. The highest BCUT2D eigenvalue weighted by molar-refractivity contribution is 7.09. The number of nitrogens with one attached hydrogen (secondary N) is 2. The molecule has 1 atom stereocenters. The quantitative estimate of drug-likeness (QED) is 0.481. The molecule has 0 saturated heterocycles. The predicted molar refractivity (Wildman–Crippen MR) is 125 cm³/mol. The number of hydrogen-bond donors (Lipinski definition) is 2. The minimum absolute atomic E-state index is 0.0489. The Morgan fingerprint density at radius 2 is 1.85 bits per heavy atom. The van der Waals surface area contributed by atoms with Crippen molar-refractivity contribution in [1.29, 1.82) is 0 Å². The SMILES string of the molecule is O=C(NCC(=O)N(Cc1cccs1)[C@@H](C(=O)NC1CCCC1)c1ccc(F)cc1)c1ccco1. The van der Waals surface area contributed by atoms with E-state index in [0.29, 0.717) is 5.56 Å². The van der Waals surface area contributed by atoms with Crippen LogP contribution in [0.4, 0.5) is 4.39 Å². The van der Waals surface area contributed by atoms with Crippen LogP contribution in [0.3, 0.4) is 0 Å². The summed E-state index contributed by atoms with van der Waals surface area (Å²) in [6, 6.07) is 11.5. The molecule has 4 rings (SSSR count). The van der Waals surface area contributed by atoms with Crippen molar-refractivity contribution < 1.29 is 23.2 Å². The normalized spacial score (nSPS) is 14.5. The molecular weight excluding hydrogens is 457 g/mol. The number of amides is 3. The van der Waals surface area contributed by atoms with Gasteiger partial charge in [0.05, 0.1) is 19.4 Å². The average Bonchev–Trinajstić information content (AvgIpc) is 3.62. The van der Waals surface area contributed by atoms with Crippen molar-refractivity contribution in [1.82, 2.24) is 15.5 Å². The van der Waals surface area contributed by atoms with Gasteiger partial charge < -0.3 is 20.0 Å². The fraction of sp³-hybridized carbons (Fsp3) is 0.320. The molecule has 178 valence electrons. The third kappa shape index (κ3) is 5.91. The summed E-state index contributed by atoms with van der Waals surface area (Å²) in [5.74, 6) is -1.62.